The molecule has 0 radical (unpaired) electrons. The number of aryl methyl sites for hydroxylation is 1. The fraction of sp³-hybridized carbons (Fsp3) is 0.455. The van der Waals surface area contributed by atoms with Crippen molar-refractivity contribution in [2.75, 3.05) is 0 Å². The van der Waals surface area contributed by atoms with Crippen LogP contribution in [0.3, 0.4) is 0 Å². The van der Waals surface area contributed by atoms with Crippen molar-refractivity contribution in [3.05, 3.63) is 39.9 Å². The molecule has 16 heavy (non-hydrogen) atoms. The molecule has 0 fully saturated rings. The molecule has 0 bridgehead atoms. The van der Waals surface area contributed by atoms with Crippen molar-refractivity contribution in [2.24, 2.45) is 5.73 Å². The smallest absolute Gasteiger partial charge is 0.269 e. The minimum Gasteiger partial charge on any atom is -0.392 e. The highest BCUT2D eigenvalue weighted by atomic mass is 16.6. The van der Waals surface area contributed by atoms with E-state index in [0.717, 1.165) is 5.56 Å². The quantitative estimate of drug-likeness (QED) is 0.581. The van der Waals surface area contributed by atoms with E-state index in [1.54, 1.807) is 19.1 Å². The van der Waals surface area contributed by atoms with Gasteiger partial charge >= 0.3 is 0 Å². The van der Waals surface area contributed by atoms with E-state index in [1.165, 1.54) is 12.1 Å². The minimum atomic E-state index is -0.532. The number of hydrogen-bond acceptors (Lipinski definition) is 4. The van der Waals surface area contributed by atoms with Crippen LogP contribution in [0, 0.1) is 10.1 Å². The average Bonchev–Trinajstić information content (AvgIpc) is 2.26. The molecule has 0 saturated carbocycles. The number of aliphatic hydroxyl groups is 1. The zero-order chi connectivity index (χ0) is 12.1. The van der Waals surface area contributed by atoms with Gasteiger partial charge in [-0.05, 0) is 25.3 Å². The van der Waals surface area contributed by atoms with Gasteiger partial charge in [0.15, 0.2) is 0 Å². The lowest BCUT2D eigenvalue weighted by atomic mass is 10.0. The van der Waals surface area contributed by atoms with Gasteiger partial charge in [0.2, 0.25) is 0 Å². The highest BCUT2D eigenvalue weighted by molar-refractivity contribution is 5.32. The molecule has 88 valence electrons. The van der Waals surface area contributed by atoms with Crippen LogP contribution in [0.1, 0.15) is 18.9 Å². The summed E-state index contributed by atoms with van der Waals surface area (Å²) in [6.45, 7) is 1.75. The van der Waals surface area contributed by atoms with Crippen LogP contribution in [0.2, 0.25) is 0 Å². The summed E-state index contributed by atoms with van der Waals surface area (Å²) in [6, 6.07) is 6.08. The lowest BCUT2D eigenvalue weighted by Crippen LogP contribution is -2.31. The highest BCUT2D eigenvalue weighted by Crippen LogP contribution is 2.14. The molecule has 0 aromatic heterocycles. The molecule has 5 nitrogen and oxygen atoms in total. The Bertz CT molecular complexity index is 349. The number of benzene rings is 1. The normalized spacial score (nSPS) is 14.4. The molecule has 0 spiro atoms. The van der Waals surface area contributed by atoms with Crippen molar-refractivity contribution in [1.82, 2.24) is 0 Å². The summed E-state index contributed by atoms with van der Waals surface area (Å²) >= 11 is 0. The fourth-order valence-corrected chi connectivity index (χ4v) is 1.36. The lowest BCUT2D eigenvalue weighted by molar-refractivity contribution is -0.384. The monoisotopic (exact) mass is 224 g/mol. The fourth-order valence-electron chi connectivity index (χ4n) is 1.36. The van der Waals surface area contributed by atoms with Crippen LogP contribution in [-0.2, 0) is 6.42 Å². The number of rotatable bonds is 5. The van der Waals surface area contributed by atoms with E-state index in [2.05, 4.69) is 0 Å². The number of nitro groups is 1. The molecule has 0 heterocycles. The van der Waals surface area contributed by atoms with Crippen LogP contribution in [-0.4, -0.2) is 22.2 Å². The summed E-state index contributed by atoms with van der Waals surface area (Å²) in [6.07, 6.45) is 0.700. The van der Waals surface area contributed by atoms with Gasteiger partial charge in [0, 0.05) is 18.2 Å². The molecule has 1 aromatic rings. The number of nitro benzene ring substituents is 1. The highest BCUT2D eigenvalue weighted by Gasteiger charge is 2.10. The molecule has 0 amide bonds. The molecule has 0 saturated heterocycles. The predicted molar refractivity (Wildman–Crippen MR) is 61.1 cm³/mol. The number of nitrogens with two attached hydrogens (primary N) is 1. The van der Waals surface area contributed by atoms with Gasteiger partial charge in [0.1, 0.15) is 0 Å². The van der Waals surface area contributed by atoms with Gasteiger partial charge in [-0.25, -0.2) is 0 Å². The predicted octanol–water partition coefficient (Wildman–Crippen LogP) is 1.24. The van der Waals surface area contributed by atoms with Crippen LogP contribution >= 0.6 is 0 Å². The Labute approximate surface area is 94.0 Å². The Morgan fingerprint density at radius 3 is 2.44 bits per heavy atom. The molecule has 2 unspecified atom stereocenters. The van der Waals surface area contributed by atoms with E-state index in [4.69, 9.17) is 5.73 Å². The first kappa shape index (κ1) is 12.6. The zero-order valence-corrected chi connectivity index (χ0v) is 9.17. The summed E-state index contributed by atoms with van der Waals surface area (Å²) in [5, 5.41) is 19.9. The Hall–Kier alpha value is -1.46. The number of nitrogens with zero attached hydrogens (tertiary/aromatic N) is 1. The van der Waals surface area contributed by atoms with E-state index in [9.17, 15) is 15.2 Å². The number of hydrogen-bond donors (Lipinski definition) is 2. The van der Waals surface area contributed by atoms with Gasteiger partial charge in [-0.2, -0.15) is 0 Å². The third-order valence-corrected chi connectivity index (χ3v) is 2.48. The molecule has 0 aliphatic heterocycles. The topological polar surface area (TPSA) is 89.4 Å². The van der Waals surface area contributed by atoms with Crippen molar-refractivity contribution in [2.45, 2.75) is 31.9 Å². The standard InChI is InChI=1S/C11H16N2O3/c1-8(12)11(14)7-4-9-2-5-10(6-3-9)13(15)16/h2-3,5-6,8,11,14H,4,7,12H2,1H3. The average molecular weight is 224 g/mol. The van der Waals surface area contributed by atoms with Gasteiger partial charge in [-0.15, -0.1) is 0 Å². The molecule has 5 heteroatoms. The van der Waals surface area contributed by atoms with Crippen molar-refractivity contribution in [3.63, 3.8) is 0 Å². The van der Waals surface area contributed by atoms with Crippen molar-refractivity contribution < 1.29 is 10.0 Å². The van der Waals surface area contributed by atoms with Crippen molar-refractivity contribution >= 4 is 5.69 Å². The van der Waals surface area contributed by atoms with Gasteiger partial charge < -0.3 is 10.8 Å². The first-order chi connectivity index (χ1) is 7.50. The van der Waals surface area contributed by atoms with E-state index >= 15 is 0 Å². The first-order valence-electron chi connectivity index (χ1n) is 5.17. The summed E-state index contributed by atoms with van der Waals surface area (Å²) in [5.74, 6) is 0. The Balaban J connectivity index is 2.53. The molecule has 1 aromatic carbocycles. The second-order valence-electron chi connectivity index (χ2n) is 3.89. The lowest BCUT2D eigenvalue weighted by Gasteiger charge is -2.13. The Morgan fingerprint density at radius 1 is 1.44 bits per heavy atom. The largest absolute Gasteiger partial charge is 0.392 e. The summed E-state index contributed by atoms with van der Waals surface area (Å²) in [5.41, 5.74) is 6.57. The SMILES string of the molecule is CC(N)C(O)CCc1ccc([N+](=O)[O-])cc1. The van der Waals surface area contributed by atoms with Crippen molar-refractivity contribution in [1.29, 1.82) is 0 Å². The number of aliphatic hydroxyl groups excluding tert-OH is 1. The van der Waals surface area contributed by atoms with E-state index in [1.807, 2.05) is 0 Å². The number of non-ortho nitro benzene ring substituents is 1. The summed E-state index contributed by atoms with van der Waals surface area (Å²) in [4.78, 5) is 9.99. The zero-order valence-electron chi connectivity index (χ0n) is 9.17. The second kappa shape index (κ2) is 5.58. The molecule has 1 rings (SSSR count). The van der Waals surface area contributed by atoms with Crippen LogP contribution < -0.4 is 5.73 Å². The Morgan fingerprint density at radius 2 is 2.00 bits per heavy atom. The maximum absolute atomic E-state index is 10.4. The second-order valence-corrected chi connectivity index (χ2v) is 3.89. The van der Waals surface area contributed by atoms with Crippen LogP contribution in [0.15, 0.2) is 24.3 Å². The van der Waals surface area contributed by atoms with E-state index in [0.29, 0.717) is 12.8 Å². The van der Waals surface area contributed by atoms with E-state index < -0.39 is 11.0 Å². The molecule has 2 atom stereocenters. The maximum atomic E-state index is 10.4. The van der Waals surface area contributed by atoms with Crippen LogP contribution in [0.5, 0.6) is 0 Å². The van der Waals surface area contributed by atoms with Crippen molar-refractivity contribution in [3.8, 4) is 0 Å². The molecular weight excluding hydrogens is 208 g/mol. The summed E-state index contributed by atoms with van der Waals surface area (Å²) < 4.78 is 0. The Kier molecular flexibility index (Phi) is 4.39. The summed E-state index contributed by atoms with van der Waals surface area (Å²) in [7, 11) is 0. The third kappa shape index (κ3) is 3.60. The molecule has 0 aliphatic rings. The maximum Gasteiger partial charge on any atom is 0.269 e. The molecule has 0 aliphatic carbocycles. The van der Waals surface area contributed by atoms with Gasteiger partial charge in [-0.3, -0.25) is 10.1 Å². The molecular formula is C11H16N2O3. The van der Waals surface area contributed by atoms with Crippen LogP contribution in [0.4, 0.5) is 5.69 Å². The molecule has 3 N–H and O–H groups in total. The third-order valence-electron chi connectivity index (χ3n) is 2.48. The van der Waals surface area contributed by atoms with Gasteiger partial charge in [0.25, 0.3) is 5.69 Å². The first-order valence-corrected chi connectivity index (χ1v) is 5.17. The van der Waals surface area contributed by atoms with Gasteiger partial charge in [0.05, 0.1) is 11.0 Å². The van der Waals surface area contributed by atoms with E-state index in [-0.39, 0.29) is 11.7 Å². The van der Waals surface area contributed by atoms with Crippen LogP contribution in [0.25, 0.3) is 0 Å². The van der Waals surface area contributed by atoms with Gasteiger partial charge in [-0.1, -0.05) is 12.1 Å². The minimum absolute atomic E-state index is 0.0801.